The van der Waals surface area contributed by atoms with Gasteiger partial charge in [-0.25, -0.2) is 0 Å². The number of nitrogens with zero attached hydrogens (tertiary/aromatic N) is 2. The second-order valence-corrected chi connectivity index (χ2v) is 3.67. The summed E-state index contributed by atoms with van der Waals surface area (Å²) in [5, 5.41) is 8.42. The van der Waals surface area contributed by atoms with E-state index in [1.165, 1.54) is 4.90 Å². The summed E-state index contributed by atoms with van der Waals surface area (Å²) in [7, 11) is 1.67. The molecule has 0 N–H and O–H groups in total. The van der Waals surface area contributed by atoms with Gasteiger partial charge in [0.2, 0.25) is 5.91 Å². The Morgan fingerprint density at radius 1 is 1.77 bits per heavy atom. The van der Waals surface area contributed by atoms with Gasteiger partial charge in [-0.05, 0) is 6.42 Å². The van der Waals surface area contributed by atoms with Crippen LogP contribution in [0.25, 0.3) is 0 Å². The fourth-order valence-corrected chi connectivity index (χ4v) is 2.02. The van der Waals surface area contributed by atoms with Gasteiger partial charge in [-0.3, -0.25) is 4.79 Å². The Bertz CT molecular complexity index is 261. The number of hydrogen-bond donors (Lipinski definition) is 0. The minimum atomic E-state index is 0.0482. The van der Waals surface area contributed by atoms with Gasteiger partial charge in [0.1, 0.15) is 6.54 Å². The average molecular weight is 180 g/mol. The lowest BCUT2D eigenvalue weighted by Gasteiger charge is -2.13. The molecule has 1 amide bonds. The van der Waals surface area contributed by atoms with Crippen molar-refractivity contribution in [1.29, 1.82) is 5.26 Å². The monoisotopic (exact) mass is 180 g/mol. The SMILES string of the molecule is CN(CC#N)C(=O)C1C2CCOC21. The second-order valence-electron chi connectivity index (χ2n) is 3.67. The van der Waals surface area contributed by atoms with E-state index >= 15 is 0 Å². The van der Waals surface area contributed by atoms with Crippen molar-refractivity contribution in [3.8, 4) is 6.07 Å². The summed E-state index contributed by atoms with van der Waals surface area (Å²) in [6.07, 6.45) is 1.16. The first kappa shape index (κ1) is 8.52. The number of carbonyl (C=O) groups excluding carboxylic acids is 1. The highest BCUT2D eigenvalue weighted by Gasteiger charge is 2.59. The van der Waals surface area contributed by atoms with Crippen molar-refractivity contribution in [3.05, 3.63) is 0 Å². The topological polar surface area (TPSA) is 53.3 Å². The molecule has 1 aliphatic heterocycles. The number of ether oxygens (including phenoxy) is 1. The van der Waals surface area contributed by atoms with Crippen LogP contribution in [0.3, 0.4) is 0 Å². The molecule has 3 atom stereocenters. The molecule has 0 aromatic heterocycles. The molecule has 1 saturated heterocycles. The first-order valence-corrected chi connectivity index (χ1v) is 4.49. The first-order valence-electron chi connectivity index (χ1n) is 4.49. The van der Waals surface area contributed by atoms with Gasteiger partial charge in [0.05, 0.1) is 18.1 Å². The van der Waals surface area contributed by atoms with E-state index in [1.54, 1.807) is 7.05 Å². The summed E-state index contributed by atoms with van der Waals surface area (Å²) in [6.45, 7) is 0.968. The van der Waals surface area contributed by atoms with E-state index in [1.807, 2.05) is 6.07 Å². The molecule has 0 radical (unpaired) electrons. The van der Waals surface area contributed by atoms with E-state index < -0.39 is 0 Å². The standard InChI is InChI=1S/C9H12N2O2/c1-11(4-3-10)9(12)7-6-2-5-13-8(6)7/h6-8H,2,4-5H2,1H3. The number of nitriles is 1. The maximum Gasteiger partial charge on any atom is 0.229 e. The van der Waals surface area contributed by atoms with Gasteiger partial charge >= 0.3 is 0 Å². The van der Waals surface area contributed by atoms with Crippen molar-refractivity contribution in [1.82, 2.24) is 4.90 Å². The van der Waals surface area contributed by atoms with Crippen molar-refractivity contribution in [3.63, 3.8) is 0 Å². The highest BCUT2D eigenvalue weighted by molar-refractivity contribution is 5.83. The number of amides is 1. The van der Waals surface area contributed by atoms with Gasteiger partial charge in [-0.2, -0.15) is 5.26 Å². The normalized spacial score (nSPS) is 34.9. The van der Waals surface area contributed by atoms with Crippen LogP contribution < -0.4 is 0 Å². The van der Waals surface area contributed by atoms with E-state index in [-0.39, 0.29) is 24.5 Å². The summed E-state index contributed by atoms with van der Waals surface area (Å²) < 4.78 is 5.36. The van der Waals surface area contributed by atoms with Crippen LogP contribution in [-0.2, 0) is 9.53 Å². The van der Waals surface area contributed by atoms with Crippen LogP contribution in [0.15, 0.2) is 0 Å². The molecule has 0 aromatic rings. The highest BCUT2D eigenvalue weighted by Crippen LogP contribution is 2.49. The molecule has 2 rings (SSSR count). The maximum atomic E-state index is 11.6. The molecule has 1 heterocycles. The van der Waals surface area contributed by atoms with Crippen LogP contribution in [0.4, 0.5) is 0 Å². The lowest BCUT2D eigenvalue weighted by molar-refractivity contribution is -0.132. The minimum Gasteiger partial charge on any atom is -0.377 e. The summed E-state index contributed by atoms with van der Waals surface area (Å²) in [6, 6.07) is 1.96. The summed E-state index contributed by atoms with van der Waals surface area (Å²) in [5.41, 5.74) is 0. The zero-order chi connectivity index (χ0) is 9.42. The third-order valence-electron chi connectivity index (χ3n) is 2.83. The van der Waals surface area contributed by atoms with Gasteiger partial charge in [-0.1, -0.05) is 0 Å². The number of fused-ring (bicyclic) bond motifs is 1. The Hall–Kier alpha value is -1.08. The third-order valence-corrected chi connectivity index (χ3v) is 2.83. The van der Waals surface area contributed by atoms with E-state index in [2.05, 4.69) is 0 Å². The summed E-state index contributed by atoms with van der Waals surface area (Å²) in [4.78, 5) is 13.1. The predicted molar refractivity (Wildman–Crippen MR) is 44.6 cm³/mol. The fourth-order valence-electron chi connectivity index (χ4n) is 2.02. The predicted octanol–water partition coefficient (Wildman–Crippen LogP) is 0.00328. The lowest BCUT2D eigenvalue weighted by atomic mass is 10.2. The van der Waals surface area contributed by atoms with Crippen LogP contribution >= 0.6 is 0 Å². The van der Waals surface area contributed by atoms with Gasteiger partial charge in [0.25, 0.3) is 0 Å². The highest BCUT2D eigenvalue weighted by atomic mass is 16.5. The molecule has 0 spiro atoms. The van der Waals surface area contributed by atoms with Gasteiger partial charge in [0, 0.05) is 19.6 Å². The van der Waals surface area contributed by atoms with Crippen LogP contribution in [0, 0.1) is 23.2 Å². The van der Waals surface area contributed by atoms with Crippen molar-refractivity contribution in [2.75, 3.05) is 20.2 Å². The number of rotatable bonds is 2. The van der Waals surface area contributed by atoms with E-state index in [0.29, 0.717) is 5.92 Å². The Morgan fingerprint density at radius 2 is 2.54 bits per heavy atom. The Morgan fingerprint density at radius 3 is 3.08 bits per heavy atom. The smallest absolute Gasteiger partial charge is 0.229 e. The molecule has 0 aromatic carbocycles. The molecule has 2 aliphatic rings. The van der Waals surface area contributed by atoms with Crippen LogP contribution in [-0.4, -0.2) is 37.1 Å². The number of hydrogen-bond acceptors (Lipinski definition) is 3. The van der Waals surface area contributed by atoms with Crippen LogP contribution in [0.5, 0.6) is 0 Å². The van der Waals surface area contributed by atoms with Gasteiger partial charge in [0.15, 0.2) is 0 Å². The van der Waals surface area contributed by atoms with E-state index in [9.17, 15) is 4.79 Å². The zero-order valence-corrected chi connectivity index (χ0v) is 7.56. The average Bonchev–Trinajstić information content (AvgIpc) is 2.58. The minimum absolute atomic E-state index is 0.0482. The van der Waals surface area contributed by atoms with Crippen molar-refractivity contribution in [2.24, 2.45) is 11.8 Å². The van der Waals surface area contributed by atoms with Gasteiger partial charge < -0.3 is 9.64 Å². The fraction of sp³-hybridized carbons (Fsp3) is 0.778. The molecule has 1 saturated carbocycles. The van der Waals surface area contributed by atoms with Crippen molar-refractivity contribution in [2.45, 2.75) is 12.5 Å². The van der Waals surface area contributed by atoms with Crippen LogP contribution in [0.2, 0.25) is 0 Å². The molecule has 0 bridgehead atoms. The number of carbonyl (C=O) groups is 1. The summed E-state index contributed by atoms with van der Waals surface area (Å²) >= 11 is 0. The van der Waals surface area contributed by atoms with Crippen molar-refractivity contribution < 1.29 is 9.53 Å². The summed E-state index contributed by atoms with van der Waals surface area (Å²) in [5.74, 6) is 0.553. The molecule has 13 heavy (non-hydrogen) atoms. The largest absolute Gasteiger partial charge is 0.377 e. The molecule has 70 valence electrons. The van der Waals surface area contributed by atoms with Gasteiger partial charge in [-0.15, -0.1) is 0 Å². The van der Waals surface area contributed by atoms with Crippen LogP contribution in [0.1, 0.15) is 6.42 Å². The molecule has 4 nitrogen and oxygen atoms in total. The van der Waals surface area contributed by atoms with E-state index in [0.717, 1.165) is 13.0 Å². The second kappa shape index (κ2) is 3.00. The third kappa shape index (κ3) is 1.29. The Kier molecular flexibility index (Phi) is 1.97. The zero-order valence-electron chi connectivity index (χ0n) is 7.56. The molecular weight excluding hydrogens is 168 g/mol. The molecule has 3 unspecified atom stereocenters. The Labute approximate surface area is 77.1 Å². The van der Waals surface area contributed by atoms with E-state index in [4.69, 9.17) is 10.00 Å². The van der Waals surface area contributed by atoms with Crippen molar-refractivity contribution >= 4 is 5.91 Å². The maximum absolute atomic E-state index is 11.6. The first-order chi connectivity index (χ1) is 6.25. The molecular formula is C9H12N2O2. The lowest BCUT2D eigenvalue weighted by Crippen LogP contribution is -2.30. The molecule has 1 aliphatic carbocycles. The quantitative estimate of drug-likeness (QED) is 0.562. The molecule has 4 heteroatoms. The molecule has 2 fully saturated rings. The Balaban J connectivity index is 1.89.